The number of aryl methyl sites for hydroxylation is 1. The number of ether oxygens (including phenoxy) is 1. The van der Waals surface area contributed by atoms with Crippen LogP contribution in [0.2, 0.25) is 0 Å². The molecule has 4 aromatic rings. The minimum absolute atomic E-state index is 0.290. The Bertz CT molecular complexity index is 1810. The second-order valence-corrected chi connectivity index (χ2v) is 14.7. The van der Waals surface area contributed by atoms with Crippen molar-refractivity contribution >= 4 is 46.6 Å². The Labute approximate surface area is 285 Å². The summed E-state index contributed by atoms with van der Waals surface area (Å²) in [5.41, 5.74) is 5.60. The first kappa shape index (κ1) is 31.5. The molecule has 0 saturated carbocycles. The van der Waals surface area contributed by atoms with Crippen molar-refractivity contribution in [1.82, 2.24) is 4.90 Å². The predicted octanol–water partition coefficient (Wildman–Crippen LogP) is 8.47. The van der Waals surface area contributed by atoms with Gasteiger partial charge in [-0.15, -0.1) is 23.2 Å². The first-order chi connectivity index (χ1) is 22.4. The summed E-state index contributed by atoms with van der Waals surface area (Å²) in [7, 11) is 0. The lowest BCUT2D eigenvalue weighted by Gasteiger charge is -2.54. The second-order valence-electron chi connectivity index (χ2n) is 13.5. The van der Waals surface area contributed by atoms with Crippen molar-refractivity contribution in [3.8, 4) is 11.5 Å². The van der Waals surface area contributed by atoms with Gasteiger partial charge in [-0.3, -0.25) is 19.3 Å². The summed E-state index contributed by atoms with van der Waals surface area (Å²) in [6.45, 7) is 9.91. The summed E-state index contributed by atoms with van der Waals surface area (Å²) in [5, 5.41) is 2.94. The van der Waals surface area contributed by atoms with Crippen LogP contribution in [0.15, 0.2) is 91.0 Å². The molecule has 1 aliphatic heterocycles. The molecule has 0 aromatic heterocycles. The highest BCUT2D eigenvalue weighted by Crippen LogP contribution is 2.69. The number of alkyl halides is 2. The Morgan fingerprint density at radius 2 is 1.26 bits per heavy atom. The van der Waals surface area contributed by atoms with Gasteiger partial charge in [-0.05, 0) is 82.5 Å². The van der Waals surface area contributed by atoms with Gasteiger partial charge in [0.05, 0.1) is 11.8 Å². The summed E-state index contributed by atoms with van der Waals surface area (Å²) < 4.78 is 6.22. The van der Waals surface area contributed by atoms with Gasteiger partial charge in [0.1, 0.15) is 27.3 Å². The highest BCUT2D eigenvalue weighted by atomic mass is 35.5. The number of nitrogens with zero attached hydrogens (tertiary/aromatic N) is 1. The summed E-state index contributed by atoms with van der Waals surface area (Å²) in [6.07, 6.45) is 0. The largest absolute Gasteiger partial charge is 0.457 e. The number of anilines is 1. The lowest BCUT2D eigenvalue weighted by atomic mass is 9.54. The van der Waals surface area contributed by atoms with Crippen molar-refractivity contribution < 1.29 is 19.1 Å². The lowest BCUT2D eigenvalue weighted by Crippen LogP contribution is -2.57. The smallest absolute Gasteiger partial charge is 0.247 e. The van der Waals surface area contributed by atoms with E-state index in [2.05, 4.69) is 31.3 Å². The van der Waals surface area contributed by atoms with Crippen LogP contribution in [-0.4, -0.2) is 28.7 Å². The van der Waals surface area contributed by atoms with E-state index in [0.29, 0.717) is 11.4 Å². The zero-order chi connectivity index (χ0) is 33.4. The third kappa shape index (κ3) is 4.56. The monoisotopic (exact) mass is 666 g/mol. The van der Waals surface area contributed by atoms with Crippen molar-refractivity contribution in [2.24, 2.45) is 17.8 Å². The molecule has 0 radical (unpaired) electrons. The third-order valence-corrected chi connectivity index (χ3v) is 11.2. The molecule has 3 atom stereocenters. The van der Waals surface area contributed by atoms with E-state index in [1.807, 2.05) is 75.4 Å². The molecule has 4 aromatic carbocycles. The van der Waals surface area contributed by atoms with Crippen LogP contribution in [-0.2, 0) is 24.1 Å². The van der Waals surface area contributed by atoms with Crippen LogP contribution in [0.5, 0.6) is 11.5 Å². The van der Waals surface area contributed by atoms with Gasteiger partial charge in [0.2, 0.25) is 17.7 Å². The molecule has 240 valence electrons. The number of carbonyl (C=O) groups excluding carboxylic acids is 3. The molecule has 3 amide bonds. The molecule has 3 aliphatic carbocycles. The minimum atomic E-state index is -1.31. The average molecular weight is 668 g/mol. The number of imide groups is 1. The van der Waals surface area contributed by atoms with Crippen molar-refractivity contribution in [3.63, 3.8) is 0 Å². The molecule has 6 nitrogen and oxygen atoms in total. The van der Waals surface area contributed by atoms with Crippen LogP contribution in [0.4, 0.5) is 5.69 Å². The molecule has 0 unspecified atom stereocenters. The van der Waals surface area contributed by atoms with Gasteiger partial charge in [-0.2, -0.15) is 0 Å². The van der Waals surface area contributed by atoms with E-state index in [1.54, 1.807) is 24.3 Å². The van der Waals surface area contributed by atoms with E-state index >= 15 is 0 Å². The number of rotatable bonds is 7. The molecule has 1 fully saturated rings. The SMILES string of the molecule is Cc1ccc(C(C)C)c(Oc2ccc(NC(=O)[C@H](C(C)C)N3C(=O)[C@H]4[C@H](C3=O)C3(Cl)c5ccccc5C4(Cl)c4ccccc43)cc2)c1. The number of carbonyl (C=O) groups is 3. The van der Waals surface area contributed by atoms with Gasteiger partial charge < -0.3 is 10.1 Å². The number of likely N-dealkylation sites (tertiary alicyclic amines) is 1. The summed E-state index contributed by atoms with van der Waals surface area (Å²) in [6, 6.07) is 27.1. The number of hydrogen-bond acceptors (Lipinski definition) is 4. The molecule has 1 saturated heterocycles. The van der Waals surface area contributed by atoms with Crippen LogP contribution in [0.3, 0.4) is 0 Å². The summed E-state index contributed by atoms with van der Waals surface area (Å²) >= 11 is 15.2. The Morgan fingerprint density at radius 1 is 0.766 bits per heavy atom. The van der Waals surface area contributed by atoms with E-state index in [9.17, 15) is 14.4 Å². The number of halogens is 2. The van der Waals surface area contributed by atoms with Gasteiger partial charge in [-0.25, -0.2) is 0 Å². The fourth-order valence-corrected chi connectivity index (χ4v) is 8.94. The molecule has 47 heavy (non-hydrogen) atoms. The van der Waals surface area contributed by atoms with E-state index in [1.165, 1.54) is 0 Å². The highest BCUT2D eigenvalue weighted by Gasteiger charge is 2.73. The highest BCUT2D eigenvalue weighted by molar-refractivity contribution is 6.36. The lowest BCUT2D eigenvalue weighted by molar-refractivity contribution is -0.148. The quantitative estimate of drug-likeness (QED) is 0.159. The number of amides is 3. The first-order valence-corrected chi connectivity index (χ1v) is 16.8. The Kier molecular flexibility index (Phi) is 7.53. The predicted molar refractivity (Wildman–Crippen MR) is 184 cm³/mol. The Balaban J connectivity index is 1.19. The molecule has 4 aliphatic rings. The average Bonchev–Trinajstić information content (AvgIpc) is 3.31. The summed E-state index contributed by atoms with van der Waals surface area (Å²) in [4.78, 5) is 41.5. The van der Waals surface area contributed by atoms with Crippen LogP contribution in [0.1, 0.15) is 67.0 Å². The molecule has 1 heterocycles. The molecular weight excluding hydrogens is 631 g/mol. The molecule has 8 heteroatoms. The molecule has 1 N–H and O–H groups in total. The van der Waals surface area contributed by atoms with Gasteiger partial charge >= 0.3 is 0 Å². The molecule has 0 spiro atoms. The van der Waals surface area contributed by atoms with Gasteiger partial charge in [0.15, 0.2) is 0 Å². The first-order valence-electron chi connectivity index (χ1n) is 16.0. The maximum atomic E-state index is 14.5. The Morgan fingerprint density at radius 3 is 1.70 bits per heavy atom. The minimum Gasteiger partial charge on any atom is -0.457 e. The molecular formula is C39H36Cl2N2O4. The fourth-order valence-electron chi connectivity index (χ4n) is 7.84. The number of benzene rings is 4. The maximum Gasteiger partial charge on any atom is 0.247 e. The zero-order valence-corrected chi connectivity index (χ0v) is 28.4. The van der Waals surface area contributed by atoms with Crippen molar-refractivity contribution in [1.29, 1.82) is 0 Å². The normalized spacial score (nSPS) is 24.7. The number of nitrogens with one attached hydrogen (secondary N) is 1. The van der Waals surface area contributed by atoms with Gasteiger partial charge in [-0.1, -0.05) is 88.4 Å². The van der Waals surface area contributed by atoms with Crippen molar-refractivity contribution in [3.05, 3.63) is 124 Å². The maximum absolute atomic E-state index is 14.5. The van der Waals surface area contributed by atoms with Gasteiger partial charge in [0, 0.05) is 5.69 Å². The number of hydrogen-bond donors (Lipinski definition) is 1. The third-order valence-electron chi connectivity index (χ3n) is 9.94. The summed E-state index contributed by atoms with van der Waals surface area (Å²) in [5.74, 6) is -2.07. The van der Waals surface area contributed by atoms with Crippen LogP contribution in [0.25, 0.3) is 0 Å². The van der Waals surface area contributed by atoms with Crippen molar-refractivity contribution in [2.45, 2.75) is 56.3 Å². The fraction of sp³-hybridized carbons (Fsp3) is 0.308. The Hall–Kier alpha value is -4.13. The second kappa shape index (κ2) is 11.2. The van der Waals surface area contributed by atoms with E-state index in [4.69, 9.17) is 27.9 Å². The van der Waals surface area contributed by atoms with Crippen molar-refractivity contribution in [2.75, 3.05) is 5.32 Å². The topological polar surface area (TPSA) is 75.7 Å². The standard InChI is InChI=1S/C39H36Cl2N2O4/c1-21(2)26-19-14-23(5)20-31(26)47-25-17-15-24(16-18-25)42-35(44)34(22(3)4)43-36(45)32-33(37(43)46)39(41)28-11-7-6-10-27(28)38(32,40)29-12-8-9-13-30(29)39/h6-22,32-34H,1-5H3,(H,42,44)/t32-,33-,34+,38?,39?/m1/s1. The van der Waals surface area contributed by atoms with E-state index in [-0.39, 0.29) is 11.8 Å². The zero-order valence-electron chi connectivity index (χ0n) is 26.9. The van der Waals surface area contributed by atoms with Gasteiger partial charge in [0.25, 0.3) is 0 Å². The molecule has 8 rings (SSSR count). The van der Waals surface area contributed by atoms with E-state index in [0.717, 1.165) is 44.0 Å². The molecule has 2 bridgehead atoms. The van der Waals surface area contributed by atoms with Crippen LogP contribution >= 0.6 is 23.2 Å². The van der Waals surface area contributed by atoms with E-state index < -0.39 is 45.3 Å². The van der Waals surface area contributed by atoms with Crippen LogP contribution in [0, 0.1) is 24.7 Å². The van der Waals surface area contributed by atoms with Crippen LogP contribution < -0.4 is 10.1 Å².